The third-order valence-electron chi connectivity index (χ3n) is 2.20. The molecule has 0 aliphatic carbocycles. The number of carbonyl (C=O) groups excluding carboxylic acids is 1. The minimum Gasteiger partial charge on any atom is -0.612 e. The summed E-state index contributed by atoms with van der Waals surface area (Å²) in [5.74, 6) is -1.50. The maximum absolute atomic E-state index is 11.7. The van der Waals surface area contributed by atoms with Crippen molar-refractivity contribution < 1.29 is 44.2 Å². The fourth-order valence-electron chi connectivity index (χ4n) is 1.33. The monoisotopic (exact) mass is 282 g/mol. The predicted octanol–water partition coefficient (Wildman–Crippen LogP) is -2.20. The maximum atomic E-state index is 11.7. The molecule has 0 atom stereocenters. The summed E-state index contributed by atoms with van der Waals surface area (Å²) >= 11 is 0. The zero-order valence-electron chi connectivity index (χ0n) is 11.2. The molecule has 0 aromatic heterocycles. The standard InChI is InChI=1S/C12H12N4O3.Na/c1-2-19-12(18)10-11(17)16(15-14-10)13-8-9-6-4-3-5-7-9;/h3-8,18H,2H2,1H3;/q;+1/p-1/b12-10-,13-8+;. The predicted molar refractivity (Wildman–Crippen MR) is 64.4 cm³/mol. The summed E-state index contributed by atoms with van der Waals surface area (Å²) < 4.78 is 4.68. The van der Waals surface area contributed by atoms with Crippen molar-refractivity contribution in [3.63, 3.8) is 0 Å². The van der Waals surface area contributed by atoms with Crippen LogP contribution in [0.15, 0.2) is 57.4 Å². The van der Waals surface area contributed by atoms with Gasteiger partial charge in [-0.25, -0.2) is 0 Å². The van der Waals surface area contributed by atoms with E-state index in [-0.39, 0.29) is 41.9 Å². The summed E-state index contributed by atoms with van der Waals surface area (Å²) in [4.78, 5) is 11.7. The van der Waals surface area contributed by atoms with E-state index in [4.69, 9.17) is 0 Å². The maximum Gasteiger partial charge on any atom is 1.00 e. The quantitative estimate of drug-likeness (QED) is 0.272. The zero-order valence-corrected chi connectivity index (χ0v) is 13.2. The van der Waals surface area contributed by atoms with Gasteiger partial charge in [-0.15, -0.1) is 5.11 Å². The van der Waals surface area contributed by atoms with E-state index in [0.29, 0.717) is 0 Å². The Morgan fingerprint density at radius 3 is 2.80 bits per heavy atom. The third kappa shape index (κ3) is 3.89. The largest absolute Gasteiger partial charge is 1.00 e. The van der Waals surface area contributed by atoms with Gasteiger partial charge in [0, 0.05) is 0 Å². The van der Waals surface area contributed by atoms with Gasteiger partial charge in [0.05, 0.1) is 12.2 Å². The minimum absolute atomic E-state index is 0. The van der Waals surface area contributed by atoms with Gasteiger partial charge in [0.25, 0.3) is 0 Å². The molecule has 0 radical (unpaired) electrons. The summed E-state index contributed by atoms with van der Waals surface area (Å²) in [6, 6.07) is 9.18. The number of hydrogen-bond donors (Lipinski definition) is 0. The van der Waals surface area contributed by atoms with Crippen LogP contribution in [0.3, 0.4) is 0 Å². The number of hydrazone groups is 1. The van der Waals surface area contributed by atoms with Crippen molar-refractivity contribution in [1.82, 2.24) is 5.12 Å². The van der Waals surface area contributed by atoms with E-state index in [0.717, 1.165) is 10.7 Å². The van der Waals surface area contributed by atoms with Gasteiger partial charge in [-0.2, -0.15) is 5.10 Å². The summed E-state index contributed by atoms with van der Waals surface area (Å²) in [5, 5.41) is 22.9. The fraction of sp³-hybridized carbons (Fsp3) is 0.167. The number of hydrogen-bond acceptors (Lipinski definition) is 6. The number of rotatable bonds is 4. The molecule has 1 aliphatic heterocycles. The molecule has 1 aliphatic rings. The van der Waals surface area contributed by atoms with Crippen molar-refractivity contribution in [2.75, 3.05) is 6.61 Å². The van der Waals surface area contributed by atoms with E-state index in [1.54, 1.807) is 6.92 Å². The first-order valence-electron chi connectivity index (χ1n) is 5.61. The van der Waals surface area contributed by atoms with E-state index in [1.165, 1.54) is 6.21 Å². The van der Waals surface area contributed by atoms with Gasteiger partial charge in [0.15, 0.2) is 5.70 Å². The van der Waals surface area contributed by atoms with Gasteiger partial charge in [0.2, 0.25) is 0 Å². The summed E-state index contributed by atoms with van der Waals surface area (Å²) in [6.07, 6.45) is 1.45. The Balaban J connectivity index is 0.00000200. The molecular weight excluding hydrogens is 271 g/mol. The molecule has 0 saturated carbocycles. The fourth-order valence-corrected chi connectivity index (χ4v) is 1.33. The smallest absolute Gasteiger partial charge is 0.612 e. The SMILES string of the molecule is CCO/C([O-])=C1\N=NN(/N=C/c2ccccc2)C1=O.[Na+]. The molecule has 0 spiro atoms. The molecule has 8 heteroatoms. The number of ether oxygens (including phenoxy) is 1. The van der Waals surface area contributed by atoms with Crippen molar-refractivity contribution in [2.24, 2.45) is 15.4 Å². The molecule has 20 heavy (non-hydrogen) atoms. The molecule has 2 rings (SSSR count). The Kier molecular flexibility index (Phi) is 6.37. The van der Waals surface area contributed by atoms with Crippen LogP contribution in [-0.2, 0) is 9.53 Å². The molecule has 0 saturated heterocycles. The minimum atomic E-state index is -0.798. The van der Waals surface area contributed by atoms with Crippen LogP contribution in [0.5, 0.6) is 0 Å². The molecule has 0 fully saturated rings. The van der Waals surface area contributed by atoms with E-state index in [1.807, 2.05) is 30.3 Å². The Labute approximate surface area is 137 Å². The van der Waals surface area contributed by atoms with E-state index in [2.05, 4.69) is 20.2 Å². The van der Waals surface area contributed by atoms with Gasteiger partial charge >= 0.3 is 35.5 Å². The number of benzene rings is 1. The molecule has 1 aromatic carbocycles. The number of nitrogens with zero attached hydrogens (tertiary/aromatic N) is 4. The Bertz CT molecular complexity index is 557. The summed E-state index contributed by atoms with van der Waals surface area (Å²) in [7, 11) is 0. The molecule has 7 nitrogen and oxygen atoms in total. The second-order valence-corrected chi connectivity index (χ2v) is 3.51. The van der Waals surface area contributed by atoms with Gasteiger partial charge in [-0.3, -0.25) is 4.79 Å². The average Bonchev–Trinajstić information content (AvgIpc) is 2.79. The second-order valence-electron chi connectivity index (χ2n) is 3.51. The first kappa shape index (κ1) is 16.4. The zero-order chi connectivity index (χ0) is 13.7. The molecule has 1 aromatic rings. The molecule has 1 amide bonds. The van der Waals surface area contributed by atoms with Crippen molar-refractivity contribution in [2.45, 2.75) is 6.92 Å². The van der Waals surface area contributed by atoms with Crippen LogP contribution in [-0.4, -0.2) is 23.8 Å². The first-order chi connectivity index (χ1) is 9.22. The van der Waals surface area contributed by atoms with Gasteiger partial charge in [0.1, 0.15) is 0 Å². The van der Waals surface area contributed by atoms with E-state index in [9.17, 15) is 9.90 Å². The molecule has 1 heterocycles. The van der Waals surface area contributed by atoms with Crippen LogP contribution in [0.1, 0.15) is 12.5 Å². The van der Waals surface area contributed by atoms with E-state index >= 15 is 0 Å². The topological polar surface area (TPSA) is 89.7 Å². The van der Waals surface area contributed by atoms with Crippen molar-refractivity contribution >= 4 is 12.1 Å². The Hall–Kier alpha value is -1.70. The molecule has 0 bridgehead atoms. The second kappa shape index (κ2) is 7.78. The number of amides is 1. The van der Waals surface area contributed by atoms with Gasteiger partial charge in [-0.1, -0.05) is 42.4 Å². The molecule has 0 N–H and O–H groups in total. The first-order valence-corrected chi connectivity index (χ1v) is 5.61. The van der Waals surface area contributed by atoms with Crippen molar-refractivity contribution in [3.05, 3.63) is 47.5 Å². The van der Waals surface area contributed by atoms with Gasteiger partial charge in [-0.05, 0) is 17.4 Å². The van der Waals surface area contributed by atoms with Crippen molar-refractivity contribution in [3.8, 4) is 0 Å². The van der Waals surface area contributed by atoms with E-state index < -0.39 is 11.9 Å². The van der Waals surface area contributed by atoms with Crippen LogP contribution in [0.25, 0.3) is 0 Å². The van der Waals surface area contributed by atoms with Crippen LogP contribution in [0.2, 0.25) is 0 Å². The summed E-state index contributed by atoms with van der Waals surface area (Å²) in [5.41, 5.74) is 0.433. The third-order valence-corrected chi connectivity index (χ3v) is 2.20. The normalized spacial score (nSPS) is 16.4. The Morgan fingerprint density at radius 1 is 1.45 bits per heavy atom. The average molecular weight is 282 g/mol. The van der Waals surface area contributed by atoms with Crippen molar-refractivity contribution in [1.29, 1.82) is 0 Å². The van der Waals surface area contributed by atoms with Crippen LogP contribution in [0.4, 0.5) is 0 Å². The van der Waals surface area contributed by atoms with Crippen LogP contribution in [0, 0.1) is 0 Å². The molecule has 0 unspecified atom stereocenters. The summed E-state index contributed by atoms with van der Waals surface area (Å²) in [6.45, 7) is 1.80. The number of carbonyl (C=O) groups is 1. The van der Waals surface area contributed by atoms with Crippen LogP contribution >= 0.6 is 0 Å². The van der Waals surface area contributed by atoms with Gasteiger partial charge < -0.3 is 9.84 Å². The molecular formula is C12H11N4NaO3. The Morgan fingerprint density at radius 2 is 2.15 bits per heavy atom. The van der Waals surface area contributed by atoms with Crippen LogP contribution < -0.4 is 34.7 Å². The molecule has 98 valence electrons.